The largest absolute Gasteiger partial charge is 0.348 e. The standard InChI is InChI=1S/C19H22N2/c1-12(2)19(18-10-20-11-21-18)16-6-5-15-7-13(3)14(4)8-17(15)9-16/h5-12,19H,1-4H3,(H,20,21). The van der Waals surface area contributed by atoms with Crippen LogP contribution >= 0.6 is 0 Å². The number of H-pyrrole nitrogens is 1. The second-order valence-corrected chi connectivity index (χ2v) is 6.27. The summed E-state index contributed by atoms with van der Waals surface area (Å²) in [5.74, 6) is 0.882. The molecule has 0 aliphatic carbocycles. The molecular weight excluding hydrogens is 256 g/mol. The number of fused-ring (bicyclic) bond motifs is 1. The van der Waals surface area contributed by atoms with Crippen molar-refractivity contribution in [2.75, 3.05) is 0 Å². The maximum Gasteiger partial charge on any atom is 0.0921 e. The number of aromatic nitrogens is 2. The van der Waals surface area contributed by atoms with Gasteiger partial charge in [0.1, 0.15) is 0 Å². The Morgan fingerprint density at radius 2 is 1.67 bits per heavy atom. The molecule has 0 saturated heterocycles. The molecule has 1 unspecified atom stereocenters. The number of nitrogens with one attached hydrogen (secondary N) is 1. The zero-order valence-corrected chi connectivity index (χ0v) is 13.1. The van der Waals surface area contributed by atoms with Crippen molar-refractivity contribution in [1.82, 2.24) is 9.97 Å². The number of aryl methyl sites for hydroxylation is 2. The summed E-state index contributed by atoms with van der Waals surface area (Å²) in [6, 6.07) is 11.4. The van der Waals surface area contributed by atoms with Gasteiger partial charge in [-0.2, -0.15) is 0 Å². The Bertz CT molecular complexity index is 755. The fraction of sp³-hybridized carbons (Fsp3) is 0.316. The van der Waals surface area contributed by atoms with Crippen LogP contribution in [0.15, 0.2) is 42.9 Å². The lowest BCUT2D eigenvalue weighted by Gasteiger charge is -2.20. The number of hydrogen-bond donors (Lipinski definition) is 1. The summed E-state index contributed by atoms with van der Waals surface area (Å²) in [5, 5.41) is 2.63. The van der Waals surface area contributed by atoms with E-state index in [1.807, 2.05) is 6.20 Å². The first-order valence-electron chi connectivity index (χ1n) is 7.55. The lowest BCUT2D eigenvalue weighted by Crippen LogP contribution is -2.09. The van der Waals surface area contributed by atoms with Crippen molar-refractivity contribution in [3.05, 3.63) is 65.2 Å². The molecular formula is C19H22N2. The third kappa shape index (κ3) is 2.58. The highest BCUT2D eigenvalue weighted by Gasteiger charge is 2.19. The van der Waals surface area contributed by atoms with E-state index in [4.69, 9.17) is 0 Å². The molecule has 2 heteroatoms. The lowest BCUT2D eigenvalue weighted by atomic mass is 9.85. The van der Waals surface area contributed by atoms with Crippen LogP contribution in [0.3, 0.4) is 0 Å². The smallest absolute Gasteiger partial charge is 0.0921 e. The molecule has 1 N–H and O–H groups in total. The van der Waals surface area contributed by atoms with E-state index in [-0.39, 0.29) is 0 Å². The van der Waals surface area contributed by atoms with Crippen LogP contribution in [0.4, 0.5) is 0 Å². The number of rotatable bonds is 3. The topological polar surface area (TPSA) is 28.7 Å². The van der Waals surface area contributed by atoms with Crippen molar-refractivity contribution in [3.63, 3.8) is 0 Å². The molecule has 0 fully saturated rings. The second-order valence-electron chi connectivity index (χ2n) is 6.27. The Kier molecular flexibility index (Phi) is 3.54. The van der Waals surface area contributed by atoms with Crippen LogP contribution in [0.25, 0.3) is 10.8 Å². The minimum atomic E-state index is 0.360. The molecule has 3 aromatic rings. The summed E-state index contributed by atoms with van der Waals surface area (Å²) in [6.07, 6.45) is 3.70. The van der Waals surface area contributed by atoms with Gasteiger partial charge >= 0.3 is 0 Å². The Balaban J connectivity index is 2.13. The Morgan fingerprint density at radius 3 is 2.29 bits per heavy atom. The quantitative estimate of drug-likeness (QED) is 0.720. The second kappa shape index (κ2) is 5.36. The number of hydrogen-bond acceptors (Lipinski definition) is 1. The molecule has 0 spiro atoms. The van der Waals surface area contributed by atoms with E-state index in [1.165, 1.54) is 33.2 Å². The number of aromatic amines is 1. The molecule has 21 heavy (non-hydrogen) atoms. The summed E-state index contributed by atoms with van der Waals surface area (Å²) in [7, 11) is 0. The monoisotopic (exact) mass is 278 g/mol. The zero-order valence-electron chi connectivity index (χ0n) is 13.1. The molecule has 0 aliphatic rings. The van der Waals surface area contributed by atoms with E-state index in [9.17, 15) is 0 Å². The maximum atomic E-state index is 4.18. The van der Waals surface area contributed by atoms with Crippen molar-refractivity contribution in [2.24, 2.45) is 5.92 Å². The van der Waals surface area contributed by atoms with Gasteiger partial charge in [-0.1, -0.05) is 44.2 Å². The minimum absolute atomic E-state index is 0.360. The van der Waals surface area contributed by atoms with Crippen molar-refractivity contribution in [3.8, 4) is 0 Å². The van der Waals surface area contributed by atoms with Gasteiger partial charge in [0, 0.05) is 17.8 Å². The first-order valence-corrected chi connectivity index (χ1v) is 7.55. The summed E-state index contributed by atoms with van der Waals surface area (Å²) in [4.78, 5) is 7.46. The molecule has 2 aromatic carbocycles. The van der Waals surface area contributed by atoms with Crippen LogP contribution in [-0.4, -0.2) is 9.97 Å². The van der Waals surface area contributed by atoms with Crippen molar-refractivity contribution in [1.29, 1.82) is 0 Å². The number of imidazole rings is 1. The normalized spacial score (nSPS) is 13.0. The first kappa shape index (κ1) is 13.9. The Hall–Kier alpha value is -2.09. The summed E-state index contributed by atoms with van der Waals surface area (Å²) >= 11 is 0. The fourth-order valence-corrected chi connectivity index (χ4v) is 3.10. The van der Waals surface area contributed by atoms with Gasteiger partial charge in [-0.05, 0) is 47.2 Å². The van der Waals surface area contributed by atoms with E-state index in [1.54, 1.807) is 6.33 Å². The molecule has 0 amide bonds. The van der Waals surface area contributed by atoms with Crippen molar-refractivity contribution < 1.29 is 0 Å². The molecule has 108 valence electrons. The predicted molar refractivity (Wildman–Crippen MR) is 88.7 cm³/mol. The fourth-order valence-electron chi connectivity index (χ4n) is 3.10. The van der Waals surface area contributed by atoms with E-state index in [0.29, 0.717) is 11.8 Å². The van der Waals surface area contributed by atoms with Gasteiger partial charge in [0.15, 0.2) is 0 Å². The van der Waals surface area contributed by atoms with Gasteiger partial charge in [-0.3, -0.25) is 0 Å². The zero-order chi connectivity index (χ0) is 15.0. The molecule has 1 atom stereocenters. The highest BCUT2D eigenvalue weighted by atomic mass is 14.9. The van der Waals surface area contributed by atoms with Crippen molar-refractivity contribution >= 4 is 10.8 Å². The molecule has 1 aromatic heterocycles. The third-order valence-electron chi connectivity index (χ3n) is 4.36. The van der Waals surface area contributed by atoms with Gasteiger partial charge in [-0.25, -0.2) is 4.98 Å². The van der Waals surface area contributed by atoms with E-state index in [2.05, 4.69) is 68.0 Å². The molecule has 1 heterocycles. The average molecular weight is 278 g/mol. The van der Waals surface area contributed by atoms with Gasteiger partial charge in [-0.15, -0.1) is 0 Å². The lowest BCUT2D eigenvalue weighted by molar-refractivity contribution is 0.554. The van der Waals surface area contributed by atoms with Gasteiger partial charge < -0.3 is 4.98 Å². The van der Waals surface area contributed by atoms with Gasteiger partial charge in [0.25, 0.3) is 0 Å². The number of nitrogens with zero attached hydrogens (tertiary/aromatic N) is 1. The molecule has 0 bridgehead atoms. The molecule has 3 rings (SSSR count). The van der Waals surface area contributed by atoms with Crippen molar-refractivity contribution in [2.45, 2.75) is 33.6 Å². The van der Waals surface area contributed by atoms with E-state index >= 15 is 0 Å². The summed E-state index contributed by atoms with van der Waals surface area (Å²) in [6.45, 7) is 8.87. The Labute approximate surface area is 126 Å². The molecule has 0 aliphatic heterocycles. The Morgan fingerprint density at radius 1 is 0.952 bits per heavy atom. The van der Waals surface area contributed by atoms with Gasteiger partial charge in [0.05, 0.1) is 6.33 Å². The summed E-state index contributed by atoms with van der Waals surface area (Å²) in [5.41, 5.74) is 5.24. The van der Waals surface area contributed by atoms with Crippen LogP contribution in [0.5, 0.6) is 0 Å². The van der Waals surface area contributed by atoms with E-state index < -0.39 is 0 Å². The van der Waals surface area contributed by atoms with Gasteiger partial charge in [0.2, 0.25) is 0 Å². The van der Waals surface area contributed by atoms with Crippen LogP contribution < -0.4 is 0 Å². The summed E-state index contributed by atoms with van der Waals surface area (Å²) < 4.78 is 0. The molecule has 0 radical (unpaired) electrons. The minimum Gasteiger partial charge on any atom is -0.348 e. The first-order chi connectivity index (χ1) is 10.1. The average Bonchev–Trinajstić information content (AvgIpc) is 2.94. The highest BCUT2D eigenvalue weighted by molar-refractivity contribution is 5.85. The molecule has 2 nitrogen and oxygen atoms in total. The highest BCUT2D eigenvalue weighted by Crippen LogP contribution is 2.32. The van der Waals surface area contributed by atoms with E-state index in [0.717, 1.165) is 0 Å². The SMILES string of the molecule is Cc1cc2ccc(C(c3cnc[nH]3)C(C)C)cc2cc1C. The van der Waals surface area contributed by atoms with Crippen LogP contribution in [-0.2, 0) is 0 Å². The molecule has 0 saturated carbocycles. The predicted octanol–water partition coefficient (Wildman–Crippen LogP) is 4.97. The maximum absolute atomic E-state index is 4.18. The van der Waals surface area contributed by atoms with Crippen LogP contribution in [0, 0.1) is 19.8 Å². The van der Waals surface area contributed by atoms with Crippen LogP contribution in [0.1, 0.15) is 42.1 Å². The third-order valence-corrected chi connectivity index (χ3v) is 4.36. The van der Waals surface area contributed by atoms with Crippen LogP contribution in [0.2, 0.25) is 0 Å². The number of benzene rings is 2.